The summed E-state index contributed by atoms with van der Waals surface area (Å²) in [6.45, 7) is 2.29. The van der Waals surface area contributed by atoms with Gasteiger partial charge >= 0.3 is 0 Å². The molecule has 0 N–H and O–H groups in total. The molecule has 0 aliphatic carbocycles. The Labute approximate surface area is 186 Å². The topological polar surface area (TPSA) is 37.2 Å². The monoisotopic (exact) mass is 431 g/mol. The van der Waals surface area contributed by atoms with Crippen LogP contribution in [0, 0.1) is 0 Å². The molecule has 1 aliphatic heterocycles. The van der Waals surface area contributed by atoms with E-state index in [1.807, 2.05) is 90.7 Å². The summed E-state index contributed by atoms with van der Waals surface area (Å²) in [7, 11) is 0. The fourth-order valence-electron chi connectivity index (χ4n) is 3.00. The lowest BCUT2D eigenvalue weighted by Gasteiger charge is -2.18. The second-order valence-electron chi connectivity index (χ2n) is 6.74. The van der Waals surface area contributed by atoms with Gasteiger partial charge in [-0.05, 0) is 36.8 Å². The zero-order chi connectivity index (χ0) is 20.8. The first-order valence-electron chi connectivity index (χ1n) is 9.62. The summed E-state index contributed by atoms with van der Waals surface area (Å²) in [6.07, 6.45) is 0. The Hall–Kier alpha value is -2.96. The molecule has 1 saturated heterocycles. The summed E-state index contributed by atoms with van der Waals surface area (Å²) < 4.78 is 5.76. The van der Waals surface area contributed by atoms with Crippen molar-refractivity contribution in [2.75, 3.05) is 11.5 Å². The number of ether oxygens (including phenoxy) is 1. The molecule has 0 amide bonds. The maximum atomic E-state index is 5.85. The number of para-hydroxylation sites is 2. The Morgan fingerprint density at radius 1 is 0.933 bits per heavy atom. The van der Waals surface area contributed by atoms with Gasteiger partial charge in [0, 0.05) is 5.69 Å². The van der Waals surface area contributed by atoms with E-state index in [1.165, 1.54) is 0 Å². The highest BCUT2D eigenvalue weighted by molar-refractivity contribution is 8.16. The molecule has 0 radical (unpaired) electrons. The van der Waals surface area contributed by atoms with Crippen molar-refractivity contribution in [3.8, 4) is 5.75 Å². The maximum Gasteiger partial charge on any atom is 0.196 e. The first-order chi connectivity index (χ1) is 14.7. The molecule has 0 bridgehead atoms. The van der Waals surface area contributed by atoms with Gasteiger partial charge in [-0.15, -0.1) is 5.10 Å². The molecule has 1 aliphatic rings. The van der Waals surface area contributed by atoms with Crippen LogP contribution < -0.4 is 9.64 Å². The first kappa shape index (κ1) is 20.3. The number of rotatable bonds is 6. The van der Waals surface area contributed by atoms with Crippen LogP contribution in [-0.4, -0.2) is 22.5 Å². The maximum absolute atomic E-state index is 5.85. The Balaban J connectivity index is 1.57. The molecule has 4 rings (SSSR count). The van der Waals surface area contributed by atoms with Gasteiger partial charge in [-0.3, -0.25) is 4.90 Å². The molecule has 30 heavy (non-hydrogen) atoms. The predicted octanol–water partition coefficient (Wildman–Crippen LogP) is 6.12. The third-order valence-corrected chi connectivity index (χ3v) is 6.25. The molecule has 1 fully saturated rings. The highest BCUT2D eigenvalue weighted by Crippen LogP contribution is 2.42. The standard InChI is InChI=1S/C24H21N3OS2/c1-18(17-28-21-15-9-4-10-16-21)25-26-24-27(20-13-7-3-8-14-20)23(29)22(30-24)19-11-5-2-6-12-19/h2-16,22H,17H2,1H3/b25-18+,26-24+. The Morgan fingerprint density at radius 3 is 2.20 bits per heavy atom. The minimum Gasteiger partial charge on any atom is -0.488 e. The smallest absolute Gasteiger partial charge is 0.196 e. The SMILES string of the molecule is C/C(COc1ccccc1)=N\N=C1\SC(c2ccccc2)C(=S)N1c1ccccc1. The van der Waals surface area contributed by atoms with Crippen molar-refractivity contribution in [1.29, 1.82) is 0 Å². The van der Waals surface area contributed by atoms with Crippen LogP contribution >= 0.6 is 24.0 Å². The van der Waals surface area contributed by atoms with Gasteiger partial charge in [0.15, 0.2) is 5.17 Å². The molecular weight excluding hydrogens is 410 g/mol. The van der Waals surface area contributed by atoms with Gasteiger partial charge in [0.05, 0.1) is 11.0 Å². The van der Waals surface area contributed by atoms with E-state index in [4.69, 9.17) is 17.0 Å². The van der Waals surface area contributed by atoms with Crippen molar-refractivity contribution in [3.05, 3.63) is 96.6 Å². The first-order valence-corrected chi connectivity index (χ1v) is 10.9. The number of thiocarbonyl (C=S) groups is 1. The summed E-state index contributed by atoms with van der Waals surface area (Å²) in [5.41, 5.74) is 2.93. The van der Waals surface area contributed by atoms with Crippen LogP contribution in [0.5, 0.6) is 5.75 Å². The van der Waals surface area contributed by atoms with Crippen LogP contribution in [0.2, 0.25) is 0 Å². The second-order valence-corrected chi connectivity index (χ2v) is 8.23. The zero-order valence-corrected chi connectivity index (χ0v) is 18.1. The predicted molar refractivity (Wildman–Crippen MR) is 131 cm³/mol. The molecule has 1 atom stereocenters. The van der Waals surface area contributed by atoms with Crippen LogP contribution in [0.3, 0.4) is 0 Å². The average Bonchev–Trinajstić information content (AvgIpc) is 3.14. The van der Waals surface area contributed by atoms with Crippen molar-refractivity contribution in [2.24, 2.45) is 10.2 Å². The molecule has 4 nitrogen and oxygen atoms in total. The zero-order valence-electron chi connectivity index (χ0n) is 16.5. The molecular formula is C24H21N3OS2. The number of nitrogens with zero attached hydrogens (tertiary/aromatic N) is 3. The number of thioether (sulfide) groups is 1. The third-order valence-electron chi connectivity index (χ3n) is 4.47. The average molecular weight is 432 g/mol. The van der Waals surface area contributed by atoms with Crippen molar-refractivity contribution in [1.82, 2.24) is 0 Å². The number of anilines is 1. The number of amidine groups is 1. The summed E-state index contributed by atoms with van der Waals surface area (Å²) in [6, 6.07) is 30.0. The van der Waals surface area contributed by atoms with Gasteiger partial charge in [-0.25, -0.2) is 0 Å². The van der Waals surface area contributed by atoms with Crippen LogP contribution in [0.15, 0.2) is 101 Å². The molecule has 6 heteroatoms. The van der Waals surface area contributed by atoms with E-state index >= 15 is 0 Å². The van der Waals surface area contributed by atoms with Crippen LogP contribution in [0.4, 0.5) is 5.69 Å². The van der Waals surface area contributed by atoms with Crippen molar-refractivity contribution < 1.29 is 4.74 Å². The number of hydrogen-bond donors (Lipinski definition) is 0. The van der Waals surface area contributed by atoms with Gasteiger partial charge in [0.2, 0.25) is 0 Å². The molecule has 3 aromatic carbocycles. The minimum absolute atomic E-state index is 0.0243. The normalized spacial score (nSPS) is 18.1. The molecule has 3 aromatic rings. The molecule has 0 saturated carbocycles. The van der Waals surface area contributed by atoms with Crippen LogP contribution in [-0.2, 0) is 0 Å². The molecule has 1 heterocycles. The van der Waals surface area contributed by atoms with E-state index in [0.717, 1.165) is 32.9 Å². The van der Waals surface area contributed by atoms with Gasteiger partial charge in [-0.1, -0.05) is 90.7 Å². The summed E-state index contributed by atoms with van der Waals surface area (Å²) in [5, 5.41) is 9.75. The molecule has 0 aromatic heterocycles. The lowest BCUT2D eigenvalue weighted by molar-refractivity contribution is 0.375. The van der Waals surface area contributed by atoms with Crippen molar-refractivity contribution in [2.45, 2.75) is 12.2 Å². The summed E-state index contributed by atoms with van der Waals surface area (Å²) in [4.78, 5) is 2.82. The highest BCUT2D eigenvalue weighted by atomic mass is 32.2. The Bertz CT molecular complexity index is 1050. The van der Waals surface area contributed by atoms with Gasteiger partial charge in [0.25, 0.3) is 0 Å². The summed E-state index contributed by atoms with van der Waals surface area (Å²) in [5.74, 6) is 0.811. The third kappa shape index (κ3) is 4.78. The lowest BCUT2D eigenvalue weighted by Crippen LogP contribution is -2.28. The minimum atomic E-state index is 0.0243. The van der Waals surface area contributed by atoms with Gasteiger partial charge < -0.3 is 4.74 Å². The lowest BCUT2D eigenvalue weighted by atomic mass is 10.1. The highest BCUT2D eigenvalue weighted by Gasteiger charge is 2.36. The molecule has 150 valence electrons. The van der Waals surface area contributed by atoms with Crippen LogP contribution in [0.25, 0.3) is 0 Å². The van der Waals surface area contributed by atoms with E-state index in [9.17, 15) is 0 Å². The largest absolute Gasteiger partial charge is 0.488 e. The van der Waals surface area contributed by atoms with E-state index < -0.39 is 0 Å². The molecule has 0 spiro atoms. The van der Waals surface area contributed by atoms with E-state index in [0.29, 0.717) is 6.61 Å². The summed E-state index contributed by atoms with van der Waals surface area (Å²) >= 11 is 7.47. The number of hydrogen-bond acceptors (Lipinski definition) is 5. The Morgan fingerprint density at radius 2 is 1.53 bits per heavy atom. The van der Waals surface area contributed by atoms with Crippen molar-refractivity contribution >= 4 is 45.5 Å². The molecule has 1 unspecified atom stereocenters. The van der Waals surface area contributed by atoms with E-state index in [1.54, 1.807) is 11.8 Å². The Kier molecular flexibility index (Phi) is 6.57. The number of benzene rings is 3. The van der Waals surface area contributed by atoms with E-state index in [2.05, 4.69) is 22.3 Å². The fraction of sp³-hybridized carbons (Fsp3) is 0.125. The van der Waals surface area contributed by atoms with E-state index in [-0.39, 0.29) is 5.25 Å². The quantitative estimate of drug-likeness (QED) is 0.268. The second kappa shape index (κ2) is 9.69. The van der Waals surface area contributed by atoms with Gasteiger partial charge in [-0.2, -0.15) is 5.10 Å². The fourth-order valence-corrected chi connectivity index (χ4v) is 4.64. The van der Waals surface area contributed by atoms with Crippen LogP contribution in [0.1, 0.15) is 17.7 Å². The van der Waals surface area contributed by atoms with Gasteiger partial charge in [0.1, 0.15) is 17.3 Å². The van der Waals surface area contributed by atoms with Crippen molar-refractivity contribution in [3.63, 3.8) is 0 Å².